The minimum absolute atomic E-state index is 0.00811. The molecule has 1 aromatic carbocycles. The van der Waals surface area contributed by atoms with Crippen LogP contribution in [0.5, 0.6) is 5.75 Å². The molecule has 2 heterocycles. The largest absolute Gasteiger partial charge is 0.484 e. The molecule has 0 fully saturated rings. The summed E-state index contributed by atoms with van der Waals surface area (Å²) in [6.07, 6.45) is 2.22. The molecule has 0 saturated carbocycles. The lowest BCUT2D eigenvalue weighted by molar-refractivity contribution is -0.123. The van der Waals surface area contributed by atoms with E-state index in [1.807, 2.05) is 31.2 Å². The molecule has 22 heavy (non-hydrogen) atoms. The summed E-state index contributed by atoms with van der Waals surface area (Å²) in [5, 5.41) is 15.7. The fourth-order valence-corrected chi connectivity index (χ4v) is 2.66. The van der Waals surface area contributed by atoms with Gasteiger partial charge in [-0.15, -0.1) is 10.2 Å². The lowest BCUT2D eigenvalue weighted by atomic mass is 10.2. The molecule has 3 aromatic rings. The topological polar surface area (TPSA) is 81.4 Å². The van der Waals surface area contributed by atoms with Crippen molar-refractivity contribution in [1.29, 1.82) is 0 Å². The number of ether oxygens (including phenoxy) is 1. The number of amides is 1. The Labute approximate surface area is 130 Å². The van der Waals surface area contributed by atoms with Crippen molar-refractivity contribution in [2.24, 2.45) is 0 Å². The number of aromatic nitrogens is 4. The van der Waals surface area contributed by atoms with Gasteiger partial charge in [-0.05, 0) is 19.1 Å². The fourth-order valence-electron chi connectivity index (χ4n) is 1.85. The van der Waals surface area contributed by atoms with Crippen LogP contribution in [0.25, 0.3) is 4.96 Å². The second-order valence-corrected chi connectivity index (χ2v) is 5.80. The van der Waals surface area contributed by atoms with Crippen molar-refractivity contribution < 1.29 is 9.53 Å². The highest BCUT2D eigenvalue weighted by Gasteiger charge is 2.06. The van der Waals surface area contributed by atoms with Crippen LogP contribution in [0.4, 0.5) is 0 Å². The number of nitrogens with one attached hydrogen (secondary N) is 1. The highest BCUT2D eigenvalue weighted by atomic mass is 32.1. The van der Waals surface area contributed by atoms with Crippen molar-refractivity contribution in [3.05, 3.63) is 41.2 Å². The van der Waals surface area contributed by atoms with E-state index in [1.165, 1.54) is 11.3 Å². The maximum Gasteiger partial charge on any atom is 0.257 e. The smallest absolute Gasteiger partial charge is 0.257 e. The van der Waals surface area contributed by atoms with Crippen molar-refractivity contribution in [3.8, 4) is 5.75 Å². The third kappa shape index (κ3) is 3.59. The zero-order chi connectivity index (χ0) is 15.4. The molecule has 0 saturated heterocycles. The van der Waals surface area contributed by atoms with Gasteiger partial charge in [0.15, 0.2) is 6.61 Å². The molecule has 2 aromatic heterocycles. The Morgan fingerprint density at radius 2 is 2.18 bits per heavy atom. The van der Waals surface area contributed by atoms with Gasteiger partial charge in [-0.25, -0.2) is 0 Å². The lowest BCUT2D eigenvalue weighted by Gasteiger charge is -2.07. The van der Waals surface area contributed by atoms with Gasteiger partial charge < -0.3 is 10.1 Å². The quantitative estimate of drug-likeness (QED) is 0.739. The first-order valence-electron chi connectivity index (χ1n) is 6.82. The van der Waals surface area contributed by atoms with Crippen LogP contribution >= 0.6 is 11.3 Å². The monoisotopic (exact) mass is 317 g/mol. The molecule has 0 aliphatic rings. The Morgan fingerprint density at radius 3 is 2.95 bits per heavy atom. The molecule has 0 aliphatic heterocycles. The number of nitrogens with zero attached hydrogens (tertiary/aromatic N) is 4. The zero-order valence-corrected chi connectivity index (χ0v) is 12.8. The van der Waals surface area contributed by atoms with E-state index in [4.69, 9.17) is 4.74 Å². The summed E-state index contributed by atoms with van der Waals surface area (Å²) >= 11 is 1.46. The van der Waals surface area contributed by atoms with Gasteiger partial charge in [0.05, 0.1) is 0 Å². The molecule has 0 atom stereocenters. The molecule has 7 nitrogen and oxygen atoms in total. The standard InChI is InChI=1S/C14H15N5O2S/c1-10-2-4-11(5-3-10)21-8-12(20)15-7-6-13-18-19-9-16-17-14(19)22-13/h2-5,9H,6-8H2,1H3,(H,15,20). The van der Waals surface area contributed by atoms with Gasteiger partial charge >= 0.3 is 0 Å². The van der Waals surface area contributed by atoms with Crippen LogP contribution in [0.3, 0.4) is 0 Å². The first-order chi connectivity index (χ1) is 10.7. The molecule has 0 bridgehead atoms. The third-order valence-electron chi connectivity index (χ3n) is 2.98. The minimum atomic E-state index is -0.149. The van der Waals surface area contributed by atoms with Crippen LogP contribution < -0.4 is 10.1 Å². The van der Waals surface area contributed by atoms with E-state index in [0.717, 1.165) is 15.5 Å². The molecule has 0 unspecified atom stereocenters. The van der Waals surface area contributed by atoms with Crippen LogP contribution in [0.2, 0.25) is 0 Å². The number of hydrogen-bond donors (Lipinski definition) is 1. The second-order valence-electron chi connectivity index (χ2n) is 4.76. The summed E-state index contributed by atoms with van der Waals surface area (Å²) in [6.45, 7) is 2.52. The molecule has 1 N–H and O–H groups in total. The molecule has 3 rings (SSSR count). The van der Waals surface area contributed by atoms with E-state index in [1.54, 1.807) is 10.8 Å². The summed E-state index contributed by atoms with van der Waals surface area (Å²) in [4.78, 5) is 12.5. The van der Waals surface area contributed by atoms with Crippen molar-refractivity contribution in [1.82, 2.24) is 25.1 Å². The lowest BCUT2D eigenvalue weighted by Crippen LogP contribution is -2.30. The van der Waals surface area contributed by atoms with E-state index >= 15 is 0 Å². The number of aryl methyl sites for hydroxylation is 1. The highest BCUT2D eigenvalue weighted by Crippen LogP contribution is 2.12. The third-order valence-corrected chi connectivity index (χ3v) is 3.95. The van der Waals surface area contributed by atoms with Gasteiger partial charge in [-0.1, -0.05) is 29.0 Å². The Hall–Kier alpha value is -2.48. The summed E-state index contributed by atoms with van der Waals surface area (Å²) in [7, 11) is 0. The van der Waals surface area contributed by atoms with Crippen LogP contribution in [-0.2, 0) is 11.2 Å². The number of carbonyl (C=O) groups is 1. The van der Waals surface area contributed by atoms with E-state index in [0.29, 0.717) is 18.7 Å². The molecular formula is C14H15N5O2S. The van der Waals surface area contributed by atoms with Gasteiger partial charge in [-0.2, -0.15) is 9.61 Å². The molecule has 0 aliphatic carbocycles. The summed E-state index contributed by atoms with van der Waals surface area (Å²) < 4.78 is 7.04. The molecular weight excluding hydrogens is 302 g/mol. The van der Waals surface area contributed by atoms with Crippen LogP contribution in [0.15, 0.2) is 30.6 Å². The normalized spacial score (nSPS) is 10.8. The molecule has 0 spiro atoms. The average molecular weight is 317 g/mol. The van der Waals surface area contributed by atoms with E-state index < -0.39 is 0 Å². The Morgan fingerprint density at radius 1 is 1.36 bits per heavy atom. The Balaban J connectivity index is 1.40. The maximum atomic E-state index is 11.7. The number of benzene rings is 1. The molecule has 114 valence electrons. The van der Waals surface area contributed by atoms with Crippen molar-refractivity contribution >= 4 is 22.2 Å². The van der Waals surface area contributed by atoms with Gasteiger partial charge in [0, 0.05) is 13.0 Å². The van der Waals surface area contributed by atoms with E-state index in [2.05, 4.69) is 20.6 Å². The second kappa shape index (κ2) is 6.52. The number of rotatable bonds is 6. The Bertz CT molecular complexity index is 736. The van der Waals surface area contributed by atoms with Gasteiger partial charge in [0.2, 0.25) is 4.96 Å². The van der Waals surface area contributed by atoms with Gasteiger partial charge in [0.25, 0.3) is 5.91 Å². The predicted octanol–water partition coefficient (Wildman–Crippen LogP) is 1.23. The summed E-state index contributed by atoms with van der Waals surface area (Å²) in [6, 6.07) is 7.59. The van der Waals surface area contributed by atoms with Crippen LogP contribution in [0.1, 0.15) is 10.6 Å². The first kappa shape index (κ1) is 14.5. The number of hydrogen-bond acceptors (Lipinski definition) is 6. The molecule has 1 amide bonds. The SMILES string of the molecule is Cc1ccc(OCC(=O)NCCc2nn3cnnc3s2)cc1. The van der Waals surface area contributed by atoms with Crippen molar-refractivity contribution in [2.45, 2.75) is 13.3 Å². The maximum absolute atomic E-state index is 11.7. The fraction of sp³-hybridized carbons (Fsp3) is 0.286. The molecule has 8 heteroatoms. The first-order valence-corrected chi connectivity index (χ1v) is 7.64. The van der Waals surface area contributed by atoms with Crippen molar-refractivity contribution in [2.75, 3.05) is 13.2 Å². The van der Waals surface area contributed by atoms with Crippen LogP contribution in [0, 0.1) is 6.92 Å². The minimum Gasteiger partial charge on any atom is -0.484 e. The average Bonchev–Trinajstić information content (AvgIpc) is 3.08. The highest BCUT2D eigenvalue weighted by molar-refractivity contribution is 7.16. The van der Waals surface area contributed by atoms with Crippen LogP contribution in [-0.4, -0.2) is 38.9 Å². The summed E-state index contributed by atoms with van der Waals surface area (Å²) in [5.74, 6) is 0.540. The number of fused-ring (bicyclic) bond motifs is 1. The van der Waals surface area contributed by atoms with Gasteiger partial charge in [-0.3, -0.25) is 4.79 Å². The van der Waals surface area contributed by atoms with E-state index in [9.17, 15) is 4.79 Å². The zero-order valence-electron chi connectivity index (χ0n) is 12.0. The van der Waals surface area contributed by atoms with Gasteiger partial charge in [0.1, 0.15) is 17.1 Å². The van der Waals surface area contributed by atoms with Crippen molar-refractivity contribution in [3.63, 3.8) is 0 Å². The number of carbonyl (C=O) groups excluding carboxylic acids is 1. The predicted molar refractivity (Wildman–Crippen MR) is 82.0 cm³/mol. The summed E-state index contributed by atoms with van der Waals surface area (Å²) in [5.41, 5.74) is 1.15. The molecule has 0 radical (unpaired) electrons. The Kier molecular flexibility index (Phi) is 4.29. The van der Waals surface area contributed by atoms with E-state index in [-0.39, 0.29) is 12.5 Å².